The minimum atomic E-state index is 0.629. The van der Waals surface area contributed by atoms with Gasteiger partial charge >= 0.3 is 0 Å². The minimum Gasteiger partial charge on any atom is -0.310 e. The predicted molar refractivity (Wildman–Crippen MR) is 65.1 cm³/mol. The van der Waals surface area contributed by atoms with Gasteiger partial charge in [0, 0.05) is 31.2 Å². The molecule has 88 valence electrons. The van der Waals surface area contributed by atoms with Crippen LogP contribution in [0.2, 0.25) is 0 Å². The number of hydrogen-bond acceptors (Lipinski definition) is 2. The van der Waals surface area contributed by atoms with Gasteiger partial charge in [-0.05, 0) is 31.6 Å². The molecule has 0 radical (unpaired) electrons. The van der Waals surface area contributed by atoms with Crippen molar-refractivity contribution < 1.29 is 0 Å². The van der Waals surface area contributed by atoms with Crippen LogP contribution in [0.3, 0.4) is 0 Å². The number of nitrogens with zero attached hydrogens (tertiary/aromatic N) is 1. The Morgan fingerprint density at radius 2 is 2.00 bits per heavy atom. The molecule has 1 saturated heterocycles. The molecule has 1 heterocycles. The van der Waals surface area contributed by atoms with Gasteiger partial charge in [-0.15, -0.1) is 0 Å². The van der Waals surface area contributed by atoms with Crippen molar-refractivity contribution in [3.05, 3.63) is 0 Å². The Bertz CT molecular complexity index is 221. The lowest BCUT2D eigenvalue weighted by Crippen LogP contribution is -2.42. The first-order chi connectivity index (χ1) is 7.07. The van der Waals surface area contributed by atoms with Crippen LogP contribution in [0, 0.1) is 5.41 Å². The summed E-state index contributed by atoms with van der Waals surface area (Å²) in [5.74, 6) is 0. The molecule has 0 bridgehead atoms. The molecule has 2 heteroatoms. The first-order valence-corrected chi connectivity index (χ1v) is 6.57. The zero-order valence-corrected chi connectivity index (χ0v) is 10.7. The van der Waals surface area contributed by atoms with Gasteiger partial charge in [-0.2, -0.15) is 0 Å². The molecule has 1 spiro atoms. The molecule has 2 nitrogen and oxygen atoms in total. The third-order valence-electron chi connectivity index (χ3n) is 4.32. The molecular formula is C13H26N2. The van der Waals surface area contributed by atoms with E-state index in [2.05, 4.69) is 37.9 Å². The largest absolute Gasteiger partial charge is 0.310 e. The fourth-order valence-corrected chi connectivity index (χ4v) is 2.90. The molecule has 0 aromatic rings. The molecule has 2 fully saturated rings. The topological polar surface area (TPSA) is 15.3 Å². The summed E-state index contributed by atoms with van der Waals surface area (Å²) in [6, 6.07) is 2.15. The van der Waals surface area contributed by atoms with Crippen LogP contribution in [-0.4, -0.2) is 36.1 Å². The maximum atomic E-state index is 3.76. The second-order valence-corrected chi connectivity index (χ2v) is 5.92. The molecule has 2 atom stereocenters. The third kappa shape index (κ3) is 2.21. The van der Waals surface area contributed by atoms with Crippen molar-refractivity contribution in [2.24, 2.45) is 5.41 Å². The molecular weight excluding hydrogens is 184 g/mol. The second-order valence-electron chi connectivity index (χ2n) is 5.92. The molecule has 1 unspecified atom stereocenters. The van der Waals surface area contributed by atoms with E-state index < -0.39 is 0 Å². The summed E-state index contributed by atoms with van der Waals surface area (Å²) in [5, 5.41) is 3.76. The van der Waals surface area contributed by atoms with E-state index in [1.807, 2.05) is 0 Å². The van der Waals surface area contributed by atoms with Crippen molar-refractivity contribution in [3.63, 3.8) is 0 Å². The minimum absolute atomic E-state index is 0.629. The molecule has 1 aliphatic carbocycles. The van der Waals surface area contributed by atoms with Crippen LogP contribution < -0.4 is 5.32 Å². The van der Waals surface area contributed by atoms with Crippen molar-refractivity contribution in [1.29, 1.82) is 0 Å². The van der Waals surface area contributed by atoms with Crippen LogP contribution in [0.5, 0.6) is 0 Å². The summed E-state index contributed by atoms with van der Waals surface area (Å²) in [6.45, 7) is 11.8. The standard InChI is InChI=1S/C13H26N2/c1-5-11(4)15-8-12(14-10(2)3)13(9-15)6-7-13/h10-12,14H,5-9H2,1-4H3/t11?,12-/m1/s1. The van der Waals surface area contributed by atoms with Gasteiger partial charge in [0.2, 0.25) is 0 Å². The van der Waals surface area contributed by atoms with E-state index in [9.17, 15) is 0 Å². The van der Waals surface area contributed by atoms with Gasteiger partial charge in [0.05, 0.1) is 0 Å². The number of nitrogens with one attached hydrogen (secondary N) is 1. The van der Waals surface area contributed by atoms with E-state index in [4.69, 9.17) is 0 Å². The predicted octanol–water partition coefficient (Wildman–Crippen LogP) is 2.25. The Balaban J connectivity index is 1.96. The molecule has 0 aromatic carbocycles. The Labute approximate surface area is 94.4 Å². The maximum absolute atomic E-state index is 3.76. The molecule has 2 aliphatic rings. The highest BCUT2D eigenvalue weighted by atomic mass is 15.2. The van der Waals surface area contributed by atoms with Crippen molar-refractivity contribution in [3.8, 4) is 0 Å². The second kappa shape index (κ2) is 4.06. The summed E-state index contributed by atoms with van der Waals surface area (Å²) < 4.78 is 0. The van der Waals surface area contributed by atoms with Crippen LogP contribution in [-0.2, 0) is 0 Å². The van der Waals surface area contributed by atoms with Crippen molar-refractivity contribution in [1.82, 2.24) is 10.2 Å². The lowest BCUT2D eigenvalue weighted by atomic mass is 10.0. The Morgan fingerprint density at radius 3 is 2.47 bits per heavy atom. The van der Waals surface area contributed by atoms with Crippen LogP contribution in [0.4, 0.5) is 0 Å². The van der Waals surface area contributed by atoms with Gasteiger partial charge in [0.25, 0.3) is 0 Å². The van der Waals surface area contributed by atoms with Crippen LogP contribution >= 0.6 is 0 Å². The maximum Gasteiger partial charge on any atom is 0.0266 e. The Hall–Kier alpha value is -0.0800. The Morgan fingerprint density at radius 1 is 1.33 bits per heavy atom. The number of likely N-dealkylation sites (tertiary alicyclic amines) is 1. The van der Waals surface area contributed by atoms with Gasteiger partial charge < -0.3 is 5.32 Å². The molecule has 1 aliphatic heterocycles. The molecule has 0 aromatic heterocycles. The van der Waals surface area contributed by atoms with E-state index >= 15 is 0 Å². The molecule has 1 N–H and O–H groups in total. The monoisotopic (exact) mass is 210 g/mol. The average Bonchev–Trinajstić information content (AvgIpc) is 2.85. The quantitative estimate of drug-likeness (QED) is 0.765. The van der Waals surface area contributed by atoms with Gasteiger partial charge in [0.1, 0.15) is 0 Å². The van der Waals surface area contributed by atoms with Crippen LogP contribution in [0.1, 0.15) is 47.0 Å². The zero-order chi connectivity index (χ0) is 11.1. The highest BCUT2D eigenvalue weighted by Crippen LogP contribution is 2.53. The Kier molecular flexibility index (Phi) is 3.09. The number of rotatable bonds is 4. The van der Waals surface area contributed by atoms with Gasteiger partial charge in [-0.25, -0.2) is 0 Å². The van der Waals surface area contributed by atoms with Crippen molar-refractivity contribution in [2.75, 3.05) is 13.1 Å². The zero-order valence-electron chi connectivity index (χ0n) is 10.7. The highest BCUT2D eigenvalue weighted by molar-refractivity contribution is 5.10. The van der Waals surface area contributed by atoms with Crippen molar-refractivity contribution in [2.45, 2.75) is 65.1 Å². The van der Waals surface area contributed by atoms with Gasteiger partial charge in [-0.1, -0.05) is 20.8 Å². The van der Waals surface area contributed by atoms with E-state index in [-0.39, 0.29) is 0 Å². The lowest BCUT2D eigenvalue weighted by molar-refractivity contribution is 0.239. The smallest absolute Gasteiger partial charge is 0.0266 e. The van der Waals surface area contributed by atoms with Crippen LogP contribution in [0.15, 0.2) is 0 Å². The fraction of sp³-hybridized carbons (Fsp3) is 1.00. The first-order valence-electron chi connectivity index (χ1n) is 6.57. The van der Waals surface area contributed by atoms with Gasteiger partial charge in [-0.3, -0.25) is 4.90 Å². The van der Waals surface area contributed by atoms with E-state index in [0.717, 1.165) is 12.1 Å². The SMILES string of the molecule is CCC(C)N1C[C@@H](NC(C)C)C2(CC2)C1. The summed E-state index contributed by atoms with van der Waals surface area (Å²) >= 11 is 0. The summed E-state index contributed by atoms with van der Waals surface area (Å²) in [7, 11) is 0. The summed E-state index contributed by atoms with van der Waals surface area (Å²) in [4.78, 5) is 2.69. The van der Waals surface area contributed by atoms with Gasteiger partial charge in [0.15, 0.2) is 0 Å². The van der Waals surface area contributed by atoms with E-state index in [0.29, 0.717) is 11.5 Å². The first kappa shape index (κ1) is 11.4. The molecule has 2 rings (SSSR count). The summed E-state index contributed by atoms with van der Waals surface area (Å²) in [5.41, 5.74) is 0.660. The third-order valence-corrected chi connectivity index (χ3v) is 4.32. The van der Waals surface area contributed by atoms with E-state index in [1.165, 1.54) is 32.4 Å². The highest BCUT2D eigenvalue weighted by Gasteiger charge is 2.55. The normalized spacial score (nSPS) is 31.4. The lowest BCUT2D eigenvalue weighted by Gasteiger charge is -2.23. The van der Waals surface area contributed by atoms with Crippen molar-refractivity contribution >= 4 is 0 Å². The molecule has 0 amide bonds. The fourth-order valence-electron chi connectivity index (χ4n) is 2.90. The van der Waals surface area contributed by atoms with E-state index in [1.54, 1.807) is 0 Å². The average molecular weight is 210 g/mol. The number of hydrogen-bond donors (Lipinski definition) is 1. The van der Waals surface area contributed by atoms with Crippen LogP contribution in [0.25, 0.3) is 0 Å². The summed E-state index contributed by atoms with van der Waals surface area (Å²) in [6.07, 6.45) is 4.18. The molecule has 1 saturated carbocycles. The molecule has 15 heavy (non-hydrogen) atoms.